The number of phenols is 1. The van der Waals surface area contributed by atoms with Crippen LogP contribution in [0.2, 0.25) is 0 Å². The summed E-state index contributed by atoms with van der Waals surface area (Å²) in [5, 5.41) is 18.0. The number of aromatic hydroxyl groups is 1. The van der Waals surface area contributed by atoms with E-state index in [0.29, 0.717) is 0 Å². The van der Waals surface area contributed by atoms with Crippen molar-refractivity contribution in [3.05, 3.63) is 140 Å². The van der Waals surface area contributed by atoms with Crippen LogP contribution in [0.1, 0.15) is 0 Å². The fourth-order valence-corrected chi connectivity index (χ4v) is 6.07. The van der Waals surface area contributed by atoms with E-state index in [9.17, 15) is 5.11 Å². The maximum atomic E-state index is 10.8. The Morgan fingerprint density at radius 2 is 1.05 bits per heavy atom. The number of phenolic OH excluding ortho intramolecular Hbond substituents is 1. The first kappa shape index (κ1) is 22.6. The van der Waals surface area contributed by atoms with E-state index in [4.69, 9.17) is 4.42 Å². The molecule has 8 rings (SSSR count). The molecule has 2 nitrogen and oxygen atoms in total. The second-order valence-corrected chi connectivity index (χ2v) is 10.3. The molecule has 0 bridgehead atoms. The molecular formula is C38H24O2. The molecule has 8 aromatic rings. The van der Waals surface area contributed by atoms with Gasteiger partial charge in [0.15, 0.2) is 0 Å². The Bertz CT molecular complexity index is 2240. The average molecular weight is 513 g/mol. The number of furan rings is 1. The molecule has 188 valence electrons. The molecular weight excluding hydrogens is 488 g/mol. The van der Waals surface area contributed by atoms with Gasteiger partial charge in [-0.2, -0.15) is 0 Å². The first-order valence-corrected chi connectivity index (χ1v) is 13.5. The lowest BCUT2D eigenvalue weighted by Crippen LogP contribution is -1.87. The highest BCUT2D eigenvalue weighted by Gasteiger charge is 2.14. The van der Waals surface area contributed by atoms with Gasteiger partial charge in [0, 0.05) is 16.3 Å². The molecule has 0 amide bonds. The molecule has 7 aromatic carbocycles. The van der Waals surface area contributed by atoms with Gasteiger partial charge in [0.1, 0.15) is 16.9 Å². The fourth-order valence-electron chi connectivity index (χ4n) is 6.07. The van der Waals surface area contributed by atoms with Crippen LogP contribution in [0.15, 0.2) is 144 Å². The molecule has 0 unspecified atom stereocenters. The van der Waals surface area contributed by atoms with E-state index in [0.717, 1.165) is 49.8 Å². The number of hydrogen-bond donors (Lipinski definition) is 1. The molecule has 1 N–H and O–H groups in total. The van der Waals surface area contributed by atoms with Crippen LogP contribution >= 0.6 is 0 Å². The van der Waals surface area contributed by atoms with Crippen molar-refractivity contribution in [2.24, 2.45) is 0 Å². The summed E-state index contributed by atoms with van der Waals surface area (Å²) in [6.07, 6.45) is 0. The topological polar surface area (TPSA) is 33.4 Å². The minimum absolute atomic E-state index is 0.224. The van der Waals surface area contributed by atoms with Crippen molar-refractivity contribution in [2.45, 2.75) is 0 Å². The number of benzene rings is 7. The smallest absolute Gasteiger partial charge is 0.143 e. The van der Waals surface area contributed by atoms with Crippen LogP contribution in [-0.4, -0.2) is 5.11 Å². The summed E-state index contributed by atoms with van der Waals surface area (Å²) >= 11 is 0. The molecule has 2 heteroatoms. The largest absolute Gasteiger partial charge is 0.508 e. The predicted octanol–water partition coefficient (Wildman–Crippen LogP) is 10.6. The van der Waals surface area contributed by atoms with E-state index in [-0.39, 0.29) is 5.75 Å². The molecule has 0 aliphatic heterocycles. The number of para-hydroxylation sites is 2. The quantitative estimate of drug-likeness (QED) is 0.239. The van der Waals surface area contributed by atoms with E-state index in [1.165, 1.54) is 27.1 Å². The van der Waals surface area contributed by atoms with Gasteiger partial charge < -0.3 is 9.52 Å². The van der Waals surface area contributed by atoms with Crippen LogP contribution in [0.5, 0.6) is 5.75 Å². The van der Waals surface area contributed by atoms with Crippen LogP contribution in [0.3, 0.4) is 0 Å². The van der Waals surface area contributed by atoms with Crippen molar-refractivity contribution in [1.29, 1.82) is 0 Å². The van der Waals surface area contributed by atoms with Crippen molar-refractivity contribution < 1.29 is 9.52 Å². The second kappa shape index (κ2) is 8.86. The van der Waals surface area contributed by atoms with E-state index in [2.05, 4.69) is 109 Å². The summed E-state index contributed by atoms with van der Waals surface area (Å²) in [5.74, 6) is 0.224. The van der Waals surface area contributed by atoms with E-state index in [1.807, 2.05) is 30.3 Å². The summed E-state index contributed by atoms with van der Waals surface area (Å²) in [5.41, 5.74) is 7.91. The van der Waals surface area contributed by atoms with Crippen molar-refractivity contribution in [3.8, 4) is 39.1 Å². The van der Waals surface area contributed by atoms with E-state index < -0.39 is 0 Å². The fraction of sp³-hybridized carbons (Fsp3) is 0. The highest BCUT2D eigenvalue weighted by atomic mass is 16.3. The van der Waals surface area contributed by atoms with Crippen molar-refractivity contribution in [2.75, 3.05) is 0 Å². The summed E-state index contributed by atoms with van der Waals surface area (Å²) in [7, 11) is 0. The predicted molar refractivity (Wildman–Crippen MR) is 167 cm³/mol. The van der Waals surface area contributed by atoms with Gasteiger partial charge in [0.25, 0.3) is 0 Å². The SMILES string of the molecule is Oc1cc(-c2cccc(-c3cc4ccccc4c4ccccc34)c2)cc(-c2cccc3c2oc2ccccc23)c1. The lowest BCUT2D eigenvalue weighted by Gasteiger charge is -2.13. The zero-order valence-corrected chi connectivity index (χ0v) is 21.6. The monoisotopic (exact) mass is 512 g/mol. The van der Waals surface area contributed by atoms with Gasteiger partial charge >= 0.3 is 0 Å². The van der Waals surface area contributed by atoms with Gasteiger partial charge in [0.2, 0.25) is 0 Å². The summed E-state index contributed by atoms with van der Waals surface area (Å²) in [6.45, 7) is 0. The van der Waals surface area contributed by atoms with Crippen molar-refractivity contribution in [1.82, 2.24) is 0 Å². The van der Waals surface area contributed by atoms with Gasteiger partial charge in [0.05, 0.1) is 0 Å². The highest BCUT2D eigenvalue weighted by molar-refractivity contribution is 6.14. The van der Waals surface area contributed by atoms with Crippen LogP contribution in [0, 0.1) is 0 Å². The zero-order chi connectivity index (χ0) is 26.6. The molecule has 0 spiro atoms. The molecule has 0 aliphatic rings. The van der Waals surface area contributed by atoms with Crippen molar-refractivity contribution >= 4 is 43.5 Å². The first-order valence-electron chi connectivity index (χ1n) is 13.5. The van der Waals surface area contributed by atoms with Crippen LogP contribution in [-0.2, 0) is 0 Å². The number of fused-ring (bicyclic) bond motifs is 6. The first-order chi connectivity index (χ1) is 19.7. The van der Waals surface area contributed by atoms with E-state index >= 15 is 0 Å². The number of rotatable bonds is 3. The standard InChI is InChI=1S/C38H24O2/c39-29-21-27(20-28(22-29)31-16-8-17-35-34-15-5-6-18-37(34)40-38(31)35)24-10-7-11-25(19-24)36-23-26-9-1-2-12-30(26)32-13-3-4-14-33(32)36/h1-23,39H. The average Bonchev–Trinajstić information content (AvgIpc) is 3.39. The van der Waals surface area contributed by atoms with E-state index in [1.54, 1.807) is 0 Å². The Kier molecular flexibility index (Phi) is 5.01. The molecule has 1 aromatic heterocycles. The summed E-state index contributed by atoms with van der Waals surface area (Å²) in [6, 6.07) is 48.1. The molecule has 0 saturated carbocycles. The van der Waals surface area contributed by atoms with Crippen LogP contribution in [0.25, 0.3) is 76.9 Å². The lowest BCUT2D eigenvalue weighted by molar-refractivity contribution is 0.476. The van der Waals surface area contributed by atoms with Crippen LogP contribution in [0.4, 0.5) is 0 Å². The second-order valence-electron chi connectivity index (χ2n) is 10.3. The zero-order valence-electron chi connectivity index (χ0n) is 21.6. The van der Waals surface area contributed by atoms with Gasteiger partial charge in [-0.15, -0.1) is 0 Å². The molecule has 0 radical (unpaired) electrons. The maximum Gasteiger partial charge on any atom is 0.143 e. The minimum atomic E-state index is 0.224. The summed E-state index contributed by atoms with van der Waals surface area (Å²) in [4.78, 5) is 0. The molecule has 0 aliphatic carbocycles. The number of hydrogen-bond acceptors (Lipinski definition) is 2. The molecule has 0 fully saturated rings. The van der Waals surface area contributed by atoms with Crippen molar-refractivity contribution in [3.63, 3.8) is 0 Å². The Morgan fingerprint density at radius 3 is 1.95 bits per heavy atom. The van der Waals surface area contributed by atoms with Gasteiger partial charge in [-0.25, -0.2) is 0 Å². The third-order valence-electron chi connectivity index (χ3n) is 7.91. The normalized spacial score (nSPS) is 11.6. The Hall–Kier alpha value is -5.34. The minimum Gasteiger partial charge on any atom is -0.508 e. The van der Waals surface area contributed by atoms with Gasteiger partial charge in [-0.05, 0) is 85.8 Å². The molecule has 0 saturated heterocycles. The molecule has 1 heterocycles. The summed E-state index contributed by atoms with van der Waals surface area (Å²) < 4.78 is 6.29. The van der Waals surface area contributed by atoms with Gasteiger partial charge in [-0.3, -0.25) is 0 Å². The lowest BCUT2D eigenvalue weighted by atomic mass is 9.91. The van der Waals surface area contributed by atoms with Crippen LogP contribution < -0.4 is 0 Å². The highest BCUT2D eigenvalue weighted by Crippen LogP contribution is 2.40. The third-order valence-corrected chi connectivity index (χ3v) is 7.91. The molecule has 40 heavy (non-hydrogen) atoms. The Morgan fingerprint density at radius 1 is 0.400 bits per heavy atom. The third kappa shape index (κ3) is 3.58. The van der Waals surface area contributed by atoms with Gasteiger partial charge in [-0.1, -0.05) is 103 Å². The Balaban J connectivity index is 1.29. The molecule has 0 atom stereocenters. The Labute approximate surface area is 231 Å². The maximum absolute atomic E-state index is 10.8.